The van der Waals surface area contributed by atoms with Gasteiger partial charge in [-0.3, -0.25) is 9.48 Å². The number of hydrogen-bond donors (Lipinski definition) is 1. The Morgan fingerprint density at radius 2 is 1.96 bits per heavy atom. The minimum atomic E-state index is -0.479. The molecule has 0 aliphatic heterocycles. The van der Waals surface area contributed by atoms with Gasteiger partial charge in [0.25, 0.3) is 5.91 Å². The van der Waals surface area contributed by atoms with Crippen molar-refractivity contribution in [3.05, 3.63) is 58.7 Å². The molecule has 0 saturated heterocycles. The molecule has 3 aromatic rings. The maximum absolute atomic E-state index is 12.7. The molecule has 26 heavy (non-hydrogen) atoms. The molecule has 1 aromatic carbocycles. The van der Waals surface area contributed by atoms with E-state index >= 15 is 0 Å². The van der Waals surface area contributed by atoms with Crippen LogP contribution in [0.2, 0.25) is 0 Å². The van der Waals surface area contributed by atoms with E-state index in [-0.39, 0.29) is 5.91 Å². The van der Waals surface area contributed by atoms with Crippen LogP contribution in [0.3, 0.4) is 0 Å². The lowest BCUT2D eigenvalue weighted by atomic mass is 10.2. The molecule has 3 rings (SSSR count). The van der Waals surface area contributed by atoms with Crippen molar-refractivity contribution in [2.45, 2.75) is 20.4 Å². The highest BCUT2D eigenvalue weighted by atomic mass is 32.1. The maximum atomic E-state index is 12.7. The monoisotopic (exact) mass is 369 g/mol. The predicted molar refractivity (Wildman–Crippen MR) is 102 cm³/mol. The fourth-order valence-electron chi connectivity index (χ4n) is 2.63. The highest BCUT2D eigenvalue weighted by Crippen LogP contribution is 2.35. The van der Waals surface area contributed by atoms with Crippen molar-refractivity contribution < 1.29 is 14.3 Å². The zero-order valence-corrected chi connectivity index (χ0v) is 15.6. The summed E-state index contributed by atoms with van der Waals surface area (Å²) in [7, 11) is 1.32. The highest BCUT2D eigenvalue weighted by Gasteiger charge is 2.21. The number of nitrogens with one attached hydrogen (secondary N) is 1. The van der Waals surface area contributed by atoms with E-state index in [0.717, 1.165) is 16.1 Å². The number of hydrogen-bond acceptors (Lipinski definition) is 5. The van der Waals surface area contributed by atoms with E-state index in [1.807, 2.05) is 44.2 Å². The van der Waals surface area contributed by atoms with Crippen LogP contribution in [0.25, 0.3) is 10.4 Å². The molecule has 6 nitrogen and oxygen atoms in total. The molecule has 0 aliphatic rings. The molecule has 0 bridgehead atoms. The first kappa shape index (κ1) is 17.9. The van der Waals surface area contributed by atoms with Crippen LogP contribution in [-0.2, 0) is 11.3 Å². The van der Waals surface area contributed by atoms with Crippen LogP contribution in [0, 0.1) is 6.92 Å². The molecule has 1 amide bonds. The fraction of sp³-hybridized carbons (Fsp3) is 0.211. The number of nitrogens with zero attached hydrogens (tertiary/aromatic N) is 2. The number of esters is 1. The van der Waals surface area contributed by atoms with E-state index in [1.54, 1.807) is 16.8 Å². The summed E-state index contributed by atoms with van der Waals surface area (Å²) in [5.41, 5.74) is 2.62. The third kappa shape index (κ3) is 3.52. The number of methoxy groups -OCH3 is 1. The van der Waals surface area contributed by atoms with E-state index in [4.69, 9.17) is 4.74 Å². The first-order chi connectivity index (χ1) is 12.5. The van der Waals surface area contributed by atoms with E-state index in [2.05, 4.69) is 10.4 Å². The smallest absolute Gasteiger partial charge is 0.350 e. The zero-order chi connectivity index (χ0) is 18.7. The SMILES string of the molecule is CCn1nc(C)cc1C(=O)Nc1cc(-c2ccccc2)sc1C(=O)OC. The van der Waals surface area contributed by atoms with Gasteiger partial charge in [0.1, 0.15) is 10.6 Å². The molecule has 0 atom stereocenters. The summed E-state index contributed by atoms with van der Waals surface area (Å²) in [5.74, 6) is -0.789. The number of rotatable bonds is 5. The van der Waals surface area contributed by atoms with Crippen LogP contribution in [0.5, 0.6) is 0 Å². The molecule has 0 saturated carbocycles. The number of aryl methyl sites for hydroxylation is 2. The number of carbonyl (C=O) groups excluding carboxylic acids is 2. The molecule has 7 heteroatoms. The third-order valence-electron chi connectivity index (χ3n) is 3.84. The quantitative estimate of drug-likeness (QED) is 0.691. The molecular formula is C19H19N3O3S. The third-order valence-corrected chi connectivity index (χ3v) is 5.01. The first-order valence-electron chi connectivity index (χ1n) is 8.16. The first-order valence-corrected chi connectivity index (χ1v) is 8.98. The number of amides is 1. The van der Waals surface area contributed by atoms with E-state index in [0.29, 0.717) is 22.8 Å². The van der Waals surface area contributed by atoms with Gasteiger partial charge in [0, 0.05) is 11.4 Å². The van der Waals surface area contributed by atoms with Crippen molar-refractivity contribution >= 4 is 28.9 Å². The maximum Gasteiger partial charge on any atom is 0.350 e. The zero-order valence-electron chi connectivity index (χ0n) is 14.8. The molecule has 2 heterocycles. The summed E-state index contributed by atoms with van der Waals surface area (Å²) in [6, 6.07) is 13.2. The number of thiophene rings is 1. The Morgan fingerprint density at radius 3 is 2.62 bits per heavy atom. The van der Waals surface area contributed by atoms with Gasteiger partial charge >= 0.3 is 5.97 Å². The Balaban J connectivity index is 1.96. The molecule has 0 spiro atoms. The largest absolute Gasteiger partial charge is 0.465 e. The highest BCUT2D eigenvalue weighted by molar-refractivity contribution is 7.18. The van der Waals surface area contributed by atoms with Gasteiger partial charge in [-0.15, -0.1) is 11.3 Å². The number of anilines is 1. The van der Waals surface area contributed by atoms with Crippen molar-refractivity contribution in [2.24, 2.45) is 0 Å². The molecule has 0 unspecified atom stereocenters. The van der Waals surface area contributed by atoms with Crippen LogP contribution < -0.4 is 5.32 Å². The van der Waals surface area contributed by atoms with Crippen molar-refractivity contribution in [1.82, 2.24) is 9.78 Å². The van der Waals surface area contributed by atoms with Crippen LogP contribution >= 0.6 is 11.3 Å². The summed E-state index contributed by atoms with van der Waals surface area (Å²) in [5, 5.41) is 7.12. The summed E-state index contributed by atoms with van der Waals surface area (Å²) < 4.78 is 6.50. The lowest BCUT2D eigenvalue weighted by Crippen LogP contribution is -2.18. The number of carbonyl (C=O) groups is 2. The lowest BCUT2D eigenvalue weighted by molar-refractivity contribution is 0.0607. The molecule has 0 aliphatic carbocycles. The van der Waals surface area contributed by atoms with E-state index < -0.39 is 5.97 Å². The summed E-state index contributed by atoms with van der Waals surface area (Å²) >= 11 is 1.29. The Hall–Kier alpha value is -2.93. The second-order valence-electron chi connectivity index (χ2n) is 5.65. The molecule has 1 N–H and O–H groups in total. The number of ether oxygens (including phenoxy) is 1. The Kier molecular flexibility index (Phi) is 5.18. The van der Waals surface area contributed by atoms with Crippen LogP contribution in [0.1, 0.15) is 32.8 Å². The normalized spacial score (nSPS) is 10.6. The molecule has 0 radical (unpaired) electrons. The lowest BCUT2D eigenvalue weighted by Gasteiger charge is -2.06. The second kappa shape index (κ2) is 7.53. The van der Waals surface area contributed by atoms with Crippen LogP contribution in [0.4, 0.5) is 5.69 Å². The van der Waals surface area contributed by atoms with E-state index in [1.165, 1.54) is 18.4 Å². The van der Waals surface area contributed by atoms with Gasteiger partial charge in [-0.2, -0.15) is 5.10 Å². The topological polar surface area (TPSA) is 73.2 Å². The summed E-state index contributed by atoms with van der Waals surface area (Å²) in [6.45, 7) is 4.33. The van der Waals surface area contributed by atoms with E-state index in [9.17, 15) is 9.59 Å². The second-order valence-corrected chi connectivity index (χ2v) is 6.70. The van der Waals surface area contributed by atoms with Gasteiger partial charge in [-0.25, -0.2) is 4.79 Å². The van der Waals surface area contributed by atoms with Crippen molar-refractivity contribution in [2.75, 3.05) is 12.4 Å². The van der Waals surface area contributed by atoms with Crippen molar-refractivity contribution in [1.29, 1.82) is 0 Å². The van der Waals surface area contributed by atoms with Gasteiger partial charge in [0.05, 0.1) is 18.5 Å². The minimum Gasteiger partial charge on any atom is -0.465 e. The Labute approximate surface area is 155 Å². The predicted octanol–water partition coefficient (Wildman–Crippen LogP) is 3.98. The van der Waals surface area contributed by atoms with Crippen LogP contribution in [0.15, 0.2) is 42.5 Å². The standard InChI is InChI=1S/C19H19N3O3S/c1-4-22-15(10-12(2)21-22)18(23)20-14-11-16(13-8-6-5-7-9-13)26-17(14)19(24)25-3/h5-11H,4H2,1-3H3,(H,20,23). The minimum absolute atomic E-state index is 0.310. The van der Waals surface area contributed by atoms with Gasteiger partial charge in [0.15, 0.2) is 0 Å². The van der Waals surface area contributed by atoms with Gasteiger partial charge in [-0.05, 0) is 31.5 Å². The molecule has 134 valence electrons. The Bertz CT molecular complexity index is 944. The number of aromatic nitrogens is 2. The average molecular weight is 369 g/mol. The molecular weight excluding hydrogens is 350 g/mol. The average Bonchev–Trinajstić information content (AvgIpc) is 3.25. The fourth-order valence-corrected chi connectivity index (χ4v) is 3.67. The van der Waals surface area contributed by atoms with Crippen molar-refractivity contribution in [3.8, 4) is 10.4 Å². The van der Waals surface area contributed by atoms with Crippen molar-refractivity contribution in [3.63, 3.8) is 0 Å². The van der Waals surface area contributed by atoms with Gasteiger partial charge in [0.2, 0.25) is 0 Å². The molecule has 2 aromatic heterocycles. The summed E-state index contributed by atoms with van der Waals surface area (Å²) in [6.07, 6.45) is 0. The molecule has 0 fully saturated rings. The summed E-state index contributed by atoms with van der Waals surface area (Å²) in [4.78, 5) is 26.1. The number of benzene rings is 1. The van der Waals surface area contributed by atoms with Gasteiger partial charge < -0.3 is 10.1 Å². The Morgan fingerprint density at radius 1 is 1.23 bits per heavy atom. The van der Waals surface area contributed by atoms with Crippen LogP contribution in [-0.4, -0.2) is 28.8 Å². The van der Waals surface area contributed by atoms with Gasteiger partial charge in [-0.1, -0.05) is 30.3 Å².